The van der Waals surface area contributed by atoms with E-state index >= 15 is 0 Å². The normalized spacial score (nSPS) is 10.5. The lowest BCUT2D eigenvalue weighted by atomic mass is 10.4. The standard InChI is InChI=1S/C11H13FN4O/c1-17-6-5-16-8-9(7-14-16)15-11-10(12)3-2-4-13-11/h2-4,7-8H,5-6H2,1H3,(H,13,15). The number of anilines is 2. The highest BCUT2D eigenvalue weighted by molar-refractivity contribution is 5.54. The number of nitrogens with zero attached hydrogens (tertiary/aromatic N) is 3. The summed E-state index contributed by atoms with van der Waals surface area (Å²) in [6.07, 6.45) is 4.91. The first-order valence-electron chi connectivity index (χ1n) is 5.18. The van der Waals surface area contributed by atoms with Crippen LogP contribution in [-0.4, -0.2) is 28.5 Å². The second kappa shape index (κ2) is 5.40. The zero-order valence-corrected chi connectivity index (χ0v) is 9.43. The van der Waals surface area contributed by atoms with Crippen molar-refractivity contribution >= 4 is 11.5 Å². The van der Waals surface area contributed by atoms with Crippen LogP contribution >= 0.6 is 0 Å². The number of halogens is 1. The van der Waals surface area contributed by atoms with E-state index in [1.54, 1.807) is 30.3 Å². The van der Waals surface area contributed by atoms with Gasteiger partial charge in [0.25, 0.3) is 0 Å². The second-order valence-electron chi connectivity index (χ2n) is 3.44. The molecule has 0 aliphatic heterocycles. The maximum absolute atomic E-state index is 13.3. The summed E-state index contributed by atoms with van der Waals surface area (Å²) in [6, 6.07) is 2.90. The summed E-state index contributed by atoms with van der Waals surface area (Å²) in [6.45, 7) is 1.24. The zero-order valence-electron chi connectivity index (χ0n) is 9.43. The van der Waals surface area contributed by atoms with Crippen LogP contribution in [0.4, 0.5) is 15.9 Å². The van der Waals surface area contributed by atoms with Crippen molar-refractivity contribution in [3.05, 3.63) is 36.5 Å². The molecule has 0 bridgehead atoms. The predicted molar refractivity (Wildman–Crippen MR) is 61.6 cm³/mol. The highest BCUT2D eigenvalue weighted by atomic mass is 19.1. The largest absolute Gasteiger partial charge is 0.383 e. The van der Waals surface area contributed by atoms with E-state index in [2.05, 4.69) is 15.4 Å². The molecule has 0 amide bonds. The van der Waals surface area contributed by atoms with Gasteiger partial charge in [-0.05, 0) is 12.1 Å². The minimum atomic E-state index is -0.392. The summed E-state index contributed by atoms with van der Waals surface area (Å²) in [5.41, 5.74) is 0.693. The van der Waals surface area contributed by atoms with E-state index in [-0.39, 0.29) is 5.82 Å². The minimum absolute atomic E-state index is 0.193. The quantitative estimate of drug-likeness (QED) is 0.860. The van der Waals surface area contributed by atoms with Crippen LogP contribution in [0.5, 0.6) is 0 Å². The predicted octanol–water partition coefficient (Wildman–Crippen LogP) is 1.81. The molecule has 6 heteroatoms. The highest BCUT2D eigenvalue weighted by Gasteiger charge is 2.04. The lowest BCUT2D eigenvalue weighted by molar-refractivity contribution is 0.183. The highest BCUT2D eigenvalue weighted by Crippen LogP contribution is 2.15. The van der Waals surface area contributed by atoms with E-state index in [1.807, 2.05) is 0 Å². The van der Waals surface area contributed by atoms with Gasteiger partial charge in [-0.3, -0.25) is 4.68 Å². The zero-order chi connectivity index (χ0) is 12.1. The van der Waals surface area contributed by atoms with Crippen molar-refractivity contribution in [3.8, 4) is 0 Å². The first kappa shape index (κ1) is 11.5. The molecule has 0 aliphatic carbocycles. The molecule has 5 nitrogen and oxygen atoms in total. The smallest absolute Gasteiger partial charge is 0.166 e. The maximum atomic E-state index is 13.3. The van der Waals surface area contributed by atoms with Crippen LogP contribution in [0.1, 0.15) is 0 Å². The number of hydrogen-bond donors (Lipinski definition) is 1. The second-order valence-corrected chi connectivity index (χ2v) is 3.44. The molecular weight excluding hydrogens is 223 g/mol. The molecular formula is C11H13FN4O. The Labute approximate surface area is 98.2 Å². The van der Waals surface area contributed by atoms with Gasteiger partial charge in [-0.15, -0.1) is 0 Å². The van der Waals surface area contributed by atoms with Gasteiger partial charge >= 0.3 is 0 Å². The molecule has 2 rings (SSSR count). The van der Waals surface area contributed by atoms with Crippen LogP contribution in [0.25, 0.3) is 0 Å². The molecule has 0 radical (unpaired) electrons. The van der Waals surface area contributed by atoms with Gasteiger partial charge in [0.15, 0.2) is 11.6 Å². The molecule has 17 heavy (non-hydrogen) atoms. The lowest BCUT2D eigenvalue weighted by Crippen LogP contribution is -2.04. The Kier molecular flexibility index (Phi) is 3.66. The van der Waals surface area contributed by atoms with Crippen LogP contribution < -0.4 is 5.32 Å². The van der Waals surface area contributed by atoms with Gasteiger partial charge in [0.2, 0.25) is 0 Å². The van der Waals surface area contributed by atoms with Crippen LogP contribution in [0, 0.1) is 5.82 Å². The van der Waals surface area contributed by atoms with E-state index in [4.69, 9.17) is 4.74 Å². The number of aromatic nitrogens is 3. The Morgan fingerprint density at radius 2 is 2.41 bits per heavy atom. The molecule has 2 aromatic heterocycles. The van der Waals surface area contributed by atoms with Crippen molar-refractivity contribution < 1.29 is 9.13 Å². The average Bonchev–Trinajstić information content (AvgIpc) is 2.77. The van der Waals surface area contributed by atoms with E-state index in [9.17, 15) is 4.39 Å². The Hall–Kier alpha value is -1.95. The number of rotatable bonds is 5. The van der Waals surface area contributed by atoms with Crippen LogP contribution in [0.15, 0.2) is 30.7 Å². The summed E-state index contributed by atoms with van der Waals surface area (Å²) in [4.78, 5) is 3.90. The molecule has 1 N–H and O–H groups in total. The molecule has 2 aromatic rings. The third kappa shape index (κ3) is 3.01. The first-order chi connectivity index (χ1) is 8.29. The molecule has 0 fully saturated rings. The van der Waals surface area contributed by atoms with Gasteiger partial charge < -0.3 is 10.1 Å². The minimum Gasteiger partial charge on any atom is -0.383 e. The van der Waals surface area contributed by atoms with Crippen molar-refractivity contribution in [2.24, 2.45) is 0 Å². The van der Waals surface area contributed by atoms with Gasteiger partial charge in [-0.1, -0.05) is 0 Å². The molecule has 0 saturated heterocycles. The summed E-state index contributed by atoms with van der Waals surface area (Å²) in [7, 11) is 1.63. The van der Waals surface area contributed by atoms with Gasteiger partial charge in [0.05, 0.1) is 25.0 Å². The number of nitrogens with one attached hydrogen (secondary N) is 1. The fraction of sp³-hybridized carbons (Fsp3) is 0.273. The van der Waals surface area contributed by atoms with E-state index in [0.29, 0.717) is 18.8 Å². The number of methoxy groups -OCH3 is 1. The van der Waals surface area contributed by atoms with Gasteiger partial charge in [0.1, 0.15) is 0 Å². The number of ether oxygens (including phenoxy) is 1. The third-order valence-corrected chi connectivity index (χ3v) is 2.18. The van der Waals surface area contributed by atoms with Crippen LogP contribution in [0.3, 0.4) is 0 Å². The Morgan fingerprint density at radius 3 is 3.18 bits per heavy atom. The molecule has 2 heterocycles. The molecule has 0 atom stereocenters. The topological polar surface area (TPSA) is 52.0 Å². The van der Waals surface area contributed by atoms with Crippen molar-refractivity contribution in [3.63, 3.8) is 0 Å². The van der Waals surface area contributed by atoms with Crippen LogP contribution in [-0.2, 0) is 11.3 Å². The van der Waals surface area contributed by atoms with E-state index < -0.39 is 5.82 Å². The lowest BCUT2D eigenvalue weighted by Gasteiger charge is -2.02. The molecule has 90 valence electrons. The summed E-state index contributed by atoms with van der Waals surface area (Å²) < 4.78 is 20.0. The van der Waals surface area contributed by atoms with Crippen LogP contribution in [0.2, 0.25) is 0 Å². The van der Waals surface area contributed by atoms with E-state index in [1.165, 1.54) is 12.3 Å². The first-order valence-corrected chi connectivity index (χ1v) is 5.18. The number of hydrogen-bond acceptors (Lipinski definition) is 4. The van der Waals surface area contributed by atoms with Gasteiger partial charge in [-0.2, -0.15) is 5.10 Å². The fourth-order valence-corrected chi connectivity index (χ4v) is 1.35. The Balaban J connectivity index is 2.04. The third-order valence-electron chi connectivity index (χ3n) is 2.18. The van der Waals surface area contributed by atoms with Crippen molar-refractivity contribution in [2.75, 3.05) is 19.0 Å². The SMILES string of the molecule is COCCn1cc(Nc2ncccc2F)cn1. The van der Waals surface area contributed by atoms with Crippen molar-refractivity contribution in [1.29, 1.82) is 0 Å². The summed E-state index contributed by atoms with van der Waals surface area (Å²) in [5.74, 6) is -0.198. The number of pyridine rings is 1. The molecule has 0 saturated carbocycles. The van der Waals surface area contributed by atoms with Gasteiger partial charge in [-0.25, -0.2) is 9.37 Å². The van der Waals surface area contributed by atoms with Crippen molar-refractivity contribution in [1.82, 2.24) is 14.8 Å². The summed E-state index contributed by atoms with van der Waals surface area (Å²) in [5, 5.41) is 6.96. The summed E-state index contributed by atoms with van der Waals surface area (Å²) >= 11 is 0. The molecule has 0 spiro atoms. The van der Waals surface area contributed by atoms with Gasteiger partial charge in [0, 0.05) is 19.5 Å². The molecule has 0 unspecified atom stereocenters. The molecule has 0 aliphatic rings. The molecule has 0 aromatic carbocycles. The fourth-order valence-electron chi connectivity index (χ4n) is 1.35. The average molecular weight is 236 g/mol. The Bertz CT molecular complexity index is 486. The van der Waals surface area contributed by atoms with Crippen molar-refractivity contribution in [2.45, 2.75) is 6.54 Å². The van der Waals surface area contributed by atoms with E-state index in [0.717, 1.165) is 0 Å². The maximum Gasteiger partial charge on any atom is 0.166 e. The Morgan fingerprint density at radius 1 is 1.53 bits per heavy atom. The monoisotopic (exact) mass is 236 g/mol.